The molecule has 0 bridgehead atoms. The van der Waals surface area contributed by atoms with Gasteiger partial charge in [0.25, 0.3) is 0 Å². The molecule has 0 saturated heterocycles. The van der Waals surface area contributed by atoms with Crippen LogP contribution in [0, 0.1) is 11.3 Å². The van der Waals surface area contributed by atoms with Gasteiger partial charge >= 0.3 is 0 Å². The fourth-order valence-corrected chi connectivity index (χ4v) is 2.60. The number of unbranched alkanes of at least 4 members (excludes halogenated alkanes) is 2. The first-order valence-electron chi connectivity index (χ1n) is 7.74. The van der Waals surface area contributed by atoms with Crippen LogP contribution >= 0.6 is 0 Å². The van der Waals surface area contributed by atoms with Crippen LogP contribution in [0.2, 0.25) is 18.1 Å². The third-order valence-electron chi connectivity index (χ3n) is 4.09. The second kappa shape index (κ2) is 9.06. The van der Waals surface area contributed by atoms with E-state index in [1.807, 2.05) is 0 Å². The molecule has 0 aromatic heterocycles. The summed E-state index contributed by atoms with van der Waals surface area (Å²) in [6.07, 6.45) is 5.43. The Balaban J connectivity index is 4.16. The quantitative estimate of drug-likeness (QED) is 0.220. The topological polar surface area (TPSA) is 45.0 Å². The maximum Gasteiger partial charge on any atom is 0.250 e. The SMILES string of the molecule is C=C(O[Si](C)(C)C(C)(C)C)/C(C)=C/CCCCNCC#N. The minimum Gasteiger partial charge on any atom is -0.544 e. The summed E-state index contributed by atoms with van der Waals surface area (Å²) in [6, 6.07) is 2.08. The Kier molecular flexibility index (Phi) is 8.61. The molecule has 0 aromatic rings. The van der Waals surface area contributed by atoms with Crippen molar-refractivity contribution < 1.29 is 4.43 Å². The molecular weight excluding hydrogens is 276 g/mol. The first-order valence-corrected chi connectivity index (χ1v) is 10.7. The van der Waals surface area contributed by atoms with E-state index in [1.165, 1.54) is 0 Å². The van der Waals surface area contributed by atoms with Gasteiger partial charge < -0.3 is 9.74 Å². The lowest BCUT2D eigenvalue weighted by Crippen LogP contribution is -2.40. The minimum absolute atomic E-state index is 0.197. The van der Waals surface area contributed by atoms with Crippen LogP contribution in [0.5, 0.6) is 0 Å². The van der Waals surface area contributed by atoms with Crippen molar-refractivity contribution >= 4 is 8.32 Å². The van der Waals surface area contributed by atoms with Crippen LogP contribution in [0.15, 0.2) is 24.0 Å². The highest BCUT2D eigenvalue weighted by Gasteiger charge is 2.39. The molecule has 0 aromatic carbocycles. The zero-order valence-corrected chi connectivity index (χ0v) is 15.7. The van der Waals surface area contributed by atoms with E-state index >= 15 is 0 Å². The number of hydrogen-bond acceptors (Lipinski definition) is 3. The molecule has 0 aliphatic carbocycles. The summed E-state index contributed by atoms with van der Waals surface area (Å²) in [7, 11) is -1.78. The predicted octanol–water partition coefficient (Wildman–Crippen LogP) is 4.75. The summed E-state index contributed by atoms with van der Waals surface area (Å²) >= 11 is 0. The van der Waals surface area contributed by atoms with Crippen molar-refractivity contribution in [2.24, 2.45) is 0 Å². The van der Waals surface area contributed by atoms with E-state index in [4.69, 9.17) is 9.69 Å². The number of allylic oxidation sites excluding steroid dienone is 2. The molecule has 0 aliphatic heterocycles. The molecule has 0 rings (SSSR count). The van der Waals surface area contributed by atoms with Gasteiger partial charge in [-0.25, -0.2) is 0 Å². The zero-order valence-electron chi connectivity index (χ0n) is 14.7. The van der Waals surface area contributed by atoms with Gasteiger partial charge in [-0.1, -0.05) is 33.4 Å². The van der Waals surface area contributed by atoms with Crippen LogP contribution in [-0.4, -0.2) is 21.4 Å². The molecule has 3 nitrogen and oxygen atoms in total. The van der Waals surface area contributed by atoms with Crippen molar-refractivity contribution in [3.8, 4) is 6.07 Å². The molecule has 0 atom stereocenters. The largest absolute Gasteiger partial charge is 0.544 e. The van der Waals surface area contributed by atoms with Crippen molar-refractivity contribution in [2.45, 2.75) is 65.1 Å². The van der Waals surface area contributed by atoms with E-state index in [1.54, 1.807) is 0 Å². The molecule has 0 radical (unpaired) electrons. The van der Waals surface area contributed by atoms with E-state index in [2.05, 4.69) is 64.8 Å². The van der Waals surface area contributed by atoms with Gasteiger partial charge in [0.05, 0.1) is 18.4 Å². The second-order valence-electron chi connectivity index (χ2n) is 7.00. The molecule has 21 heavy (non-hydrogen) atoms. The van der Waals surface area contributed by atoms with Crippen molar-refractivity contribution in [1.82, 2.24) is 5.32 Å². The Hall–Kier alpha value is -1.05. The van der Waals surface area contributed by atoms with Crippen molar-refractivity contribution in [1.29, 1.82) is 5.26 Å². The second-order valence-corrected chi connectivity index (χ2v) is 11.7. The first kappa shape index (κ1) is 19.9. The number of nitrogens with one attached hydrogen (secondary N) is 1. The van der Waals surface area contributed by atoms with Gasteiger partial charge in [0, 0.05) is 0 Å². The molecule has 0 heterocycles. The van der Waals surface area contributed by atoms with Gasteiger partial charge in [-0.15, -0.1) is 0 Å². The average molecular weight is 309 g/mol. The molecule has 1 N–H and O–H groups in total. The van der Waals surface area contributed by atoms with E-state index in [0.717, 1.165) is 37.1 Å². The maximum atomic E-state index is 8.41. The van der Waals surface area contributed by atoms with Crippen LogP contribution < -0.4 is 5.32 Å². The number of hydrogen-bond donors (Lipinski definition) is 1. The minimum atomic E-state index is -1.78. The number of rotatable bonds is 9. The zero-order chi connectivity index (χ0) is 16.5. The molecule has 0 amide bonds. The lowest BCUT2D eigenvalue weighted by Gasteiger charge is -2.37. The number of nitriles is 1. The van der Waals surface area contributed by atoms with Crippen LogP contribution in [-0.2, 0) is 4.43 Å². The highest BCUT2D eigenvalue weighted by Crippen LogP contribution is 2.38. The third kappa shape index (κ3) is 8.08. The smallest absolute Gasteiger partial charge is 0.250 e. The normalized spacial score (nSPS) is 12.9. The summed E-state index contributed by atoms with van der Waals surface area (Å²) in [4.78, 5) is 0. The summed E-state index contributed by atoms with van der Waals surface area (Å²) < 4.78 is 6.20. The van der Waals surface area contributed by atoms with Crippen molar-refractivity contribution in [3.63, 3.8) is 0 Å². The van der Waals surface area contributed by atoms with E-state index in [9.17, 15) is 0 Å². The molecule has 120 valence electrons. The predicted molar refractivity (Wildman–Crippen MR) is 93.5 cm³/mol. The fourth-order valence-electron chi connectivity index (χ4n) is 1.51. The molecule has 0 fully saturated rings. The fraction of sp³-hybridized carbons (Fsp3) is 0.706. The van der Waals surface area contributed by atoms with Gasteiger partial charge in [-0.05, 0) is 56.4 Å². The Bertz CT molecular complexity index is 400. The van der Waals surface area contributed by atoms with E-state index < -0.39 is 8.32 Å². The van der Waals surface area contributed by atoms with Gasteiger partial charge in [-0.3, -0.25) is 0 Å². The molecular formula is C17H32N2OSi. The van der Waals surface area contributed by atoms with Gasteiger partial charge in [-0.2, -0.15) is 5.26 Å². The lowest BCUT2D eigenvalue weighted by atomic mass is 10.1. The van der Waals surface area contributed by atoms with Crippen LogP contribution in [0.4, 0.5) is 0 Å². The van der Waals surface area contributed by atoms with Crippen LogP contribution in [0.1, 0.15) is 47.0 Å². The standard InChI is InChI=1S/C17H32N2OSi/c1-15(11-9-8-10-13-19-14-12-18)16(2)20-21(6,7)17(3,4)5/h11,19H,2,8-10,13-14H2,1,3-7H3/b15-11+. The summed E-state index contributed by atoms with van der Waals surface area (Å²) in [6.45, 7) is 18.7. The highest BCUT2D eigenvalue weighted by molar-refractivity contribution is 6.74. The molecule has 0 saturated carbocycles. The summed E-state index contributed by atoms with van der Waals surface area (Å²) in [5.41, 5.74) is 1.14. The lowest BCUT2D eigenvalue weighted by molar-refractivity contribution is 0.395. The van der Waals surface area contributed by atoms with Crippen molar-refractivity contribution in [2.75, 3.05) is 13.1 Å². The molecule has 0 aliphatic rings. The van der Waals surface area contributed by atoms with Gasteiger partial charge in [0.15, 0.2) is 0 Å². The first-order chi connectivity index (χ1) is 9.62. The Morgan fingerprint density at radius 1 is 1.33 bits per heavy atom. The molecule has 0 spiro atoms. The maximum absolute atomic E-state index is 8.41. The van der Waals surface area contributed by atoms with Crippen LogP contribution in [0.3, 0.4) is 0 Å². The average Bonchev–Trinajstić information content (AvgIpc) is 2.35. The van der Waals surface area contributed by atoms with Crippen molar-refractivity contribution in [3.05, 3.63) is 24.0 Å². The number of nitrogens with zero attached hydrogens (tertiary/aromatic N) is 1. The van der Waals surface area contributed by atoms with E-state index in [0.29, 0.717) is 6.54 Å². The molecule has 0 unspecified atom stereocenters. The third-order valence-corrected chi connectivity index (χ3v) is 8.46. The Morgan fingerprint density at radius 3 is 2.48 bits per heavy atom. The summed E-state index contributed by atoms with van der Waals surface area (Å²) in [5.74, 6) is 0.823. The molecule has 4 heteroatoms. The monoisotopic (exact) mass is 308 g/mol. The Morgan fingerprint density at radius 2 is 1.95 bits per heavy atom. The van der Waals surface area contributed by atoms with Gasteiger partial charge in [0.2, 0.25) is 8.32 Å². The van der Waals surface area contributed by atoms with Gasteiger partial charge in [0.1, 0.15) is 0 Å². The Labute approximate surface area is 132 Å². The van der Waals surface area contributed by atoms with E-state index in [-0.39, 0.29) is 5.04 Å². The van der Waals surface area contributed by atoms with Crippen LogP contribution in [0.25, 0.3) is 0 Å². The highest BCUT2D eigenvalue weighted by atomic mass is 28.4. The summed E-state index contributed by atoms with van der Waals surface area (Å²) in [5, 5.41) is 11.7.